The lowest BCUT2D eigenvalue weighted by molar-refractivity contribution is 0.195. The second kappa shape index (κ2) is 13.7. The molecule has 70 heavy (non-hydrogen) atoms. The second-order valence-electron chi connectivity index (χ2n) is 27.2. The van der Waals surface area contributed by atoms with Crippen LogP contribution in [0.1, 0.15) is 180 Å². The van der Waals surface area contributed by atoms with E-state index >= 15 is 0 Å². The summed E-state index contributed by atoms with van der Waals surface area (Å²) in [5.41, 5.74) is 27.9. The largest absolute Gasteiger partial charge is 0.334 e. The maximum absolute atomic E-state index is 2.86. The molecular formula is C66H74BN3. The molecule has 3 aliphatic heterocycles. The van der Waals surface area contributed by atoms with Crippen molar-refractivity contribution in [2.45, 2.75) is 180 Å². The molecule has 0 amide bonds. The Morgan fingerprint density at radius 1 is 0.529 bits per heavy atom. The molecule has 4 heterocycles. The lowest BCUT2D eigenvalue weighted by Gasteiger charge is -2.51. The van der Waals surface area contributed by atoms with Crippen LogP contribution in [0.5, 0.6) is 0 Å². The smallest absolute Gasteiger partial charge is 0.252 e. The van der Waals surface area contributed by atoms with Gasteiger partial charge in [-0.2, -0.15) is 0 Å². The fourth-order valence-electron chi connectivity index (χ4n) is 15.4. The first-order chi connectivity index (χ1) is 32.9. The van der Waals surface area contributed by atoms with Crippen molar-refractivity contribution < 1.29 is 0 Å². The number of aryl methyl sites for hydroxylation is 1. The summed E-state index contributed by atoms with van der Waals surface area (Å²) in [4.78, 5) is 5.63. The van der Waals surface area contributed by atoms with Gasteiger partial charge in [0.05, 0.1) is 11.2 Å². The normalized spacial score (nSPS) is 22.8. The number of fused-ring (bicyclic) bond motifs is 13. The number of aromatic nitrogens is 1. The van der Waals surface area contributed by atoms with Gasteiger partial charge in [0, 0.05) is 61.4 Å². The van der Waals surface area contributed by atoms with E-state index in [1.807, 2.05) is 0 Å². The summed E-state index contributed by atoms with van der Waals surface area (Å²) >= 11 is 0. The molecule has 6 aromatic carbocycles. The lowest BCUT2D eigenvalue weighted by atomic mass is 9.33. The number of para-hydroxylation sites is 1. The highest BCUT2D eigenvalue weighted by molar-refractivity contribution is 7.00. The van der Waals surface area contributed by atoms with Gasteiger partial charge in [0.1, 0.15) is 0 Å². The topological polar surface area (TPSA) is 11.4 Å². The molecule has 3 aliphatic carbocycles. The zero-order valence-electron chi connectivity index (χ0n) is 45.0. The molecule has 0 spiro atoms. The molecule has 1 saturated carbocycles. The molecule has 0 bridgehead atoms. The van der Waals surface area contributed by atoms with Crippen LogP contribution in [0, 0.1) is 6.92 Å². The molecule has 0 radical (unpaired) electrons. The van der Waals surface area contributed by atoms with Crippen molar-refractivity contribution in [3.8, 4) is 16.9 Å². The number of hydrogen-bond donors (Lipinski definition) is 0. The van der Waals surface area contributed by atoms with Crippen LogP contribution in [0.3, 0.4) is 0 Å². The summed E-state index contributed by atoms with van der Waals surface area (Å²) in [6.45, 7) is 36.9. The lowest BCUT2D eigenvalue weighted by Crippen LogP contribution is -2.61. The van der Waals surface area contributed by atoms with Crippen LogP contribution in [0.4, 0.5) is 28.4 Å². The molecular weight excluding hydrogens is 846 g/mol. The minimum Gasteiger partial charge on any atom is -0.334 e. The number of rotatable bonds is 2. The molecule has 7 aromatic rings. The molecule has 0 saturated heterocycles. The SMILES string of the molecule is Cc1cc2c(cc1N1c3cc(C(C)(C)C)ccc3B3c4c1cc(N1c5ccc(C(C)(C)C)cc5C5(C)CCCCC15C)cc4-n1c4c(c5cccc3c51)C(C)(C)c1ccccc1-4)C(C)(C)CCC2(C)C. The van der Waals surface area contributed by atoms with Crippen LogP contribution >= 0.6 is 0 Å². The van der Waals surface area contributed by atoms with Crippen molar-refractivity contribution in [2.24, 2.45) is 0 Å². The fraction of sp³-hybridized carbons (Fsp3) is 0.424. The highest BCUT2D eigenvalue weighted by atomic mass is 15.3. The van der Waals surface area contributed by atoms with E-state index in [0.717, 1.165) is 6.42 Å². The number of hydrogen-bond acceptors (Lipinski definition) is 2. The van der Waals surface area contributed by atoms with E-state index in [9.17, 15) is 0 Å². The van der Waals surface area contributed by atoms with E-state index in [1.165, 1.54) is 149 Å². The summed E-state index contributed by atoms with van der Waals surface area (Å²) in [5, 5.41) is 1.39. The number of anilines is 5. The zero-order valence-corrected chi connectivity index (χ0v) is 45.0. The maximum Gasteiger partial charge on any atom is 0.252 e. The van der Waals surface area contributed by atoms with E-state index in [2.05, 4.69) is 221 Å². The monoisotopic (exact) mass is 920 g/mol. The van der Waals surface area contributed by atoms with Crippen LogP contribution in [0.25, 0.3) is 27.8 Å². The molecule has 13 rings (SSSR count). The number of benzene rings is 6. The molecule has 1 aromatic heterocycles. The van der Waals surface area contributed by atoms with Crippen molar-refractivity contribution in [2.75, 3.05) is 9.80 Å². The molecule has 3 nitrogen and oxygen atoms in total. The average Bonchev–Trinajstić information content (AvgIpc) is 3.85. The van der Waals surface area contributed by atoms with Crippen LogP contribution in [-0.2, 0) is 32.5 Å². The van der Waals surface area contributed by atoms with E-state index < -0.39 is 0 Å². The van der Waals surface area contributed by atoms with E-state index in [0.29, 0.717) is 0 Å². The predicted molar refractivity (Wildman–Crippen MR) is 300 cm³/mol. The van der Waals surface area contributed by atoms with E-state index in [4.69, 9.17) is 0 Å². The summed E-state index contributed by atoms with van der Waals surface area (Å²) in [7, 11) is 0. The summed E-state index contributed by atoms with van der Waals surface area (Å²) in [6.07, 6.45) is 7.23. The van der Waals surface area contributed by atoms with Crippen molar-refractivity contribution in [1.29, 1.82) is 0 Å². The zero-order chi connectivity index (χ0) is 49.2. The van der Waals surface area contributed by atoms with Gasteiger partial charge in [0.15, 0.2) is 0 Å². The third kappa shape index (κ3) is 5.55. The highest BCUT2D eigenvalue weighted by Crippen LogP contribution is 2.63. The minimum absolute atomic E-state index is 0.00357. The number of nitrogens with zero attached hydrogens (tertiary/aromatic N) is 3. The first-order valence-electron chi connectivity index (χ1n) is 26.9. The van der Waals surface area contributed by atoms with Crippen LogP contribution in [0.15, 0.2) is 103 Å². The molecule has 1 fully saturated rings. The Kier molecular flexibility index (Phi) is 8.72. The van der Waals surface area contributed by atoms with Gasteiger partial charge in [-0.25, -0.2) is 0 Å². The third-order valence-electron chi connectivity index (χ3n) is 19.8. The van der Waals surface area contributed by atoms with Crippen LogP contribution in [-0.4, -0.2) is 16.8 Å². The first kappa shape index (κ1) is 44.5. The fourth-order valence-corrected chi connectivity index (χ4v) is 15.4. The quantitative estimate of drug-likeness (QED) is 0.160. The van der Waals surface area contributed by atoms with Crippen LogP contribution in [0.2, 0.25) is 0 Å². The van der Waals surface area contributed by atoms with E-state index in [1.54, 1.807) is 0 Å². The van der Waals surface area contributed by atoms with Gasteiger partial charge in [0.2, 0.25) is 0 Å². The summed E-state index contributed by atoms with van der Waals surface area (Å²) < 4.78 is 2.77. The van der Waals surface area contributed by atoms with Gasteiger partial charge in [0.25, 0.3) is 6.71 Å². The maximum atomic E-state index is 2.86. The summed E-state index contributed by atoms with van der Waals surface area (Å²) in [6, 6.07) is 42.3. The van der Waals surface area contributed by atoms with Crippen molar-refractivity contribution in [3.05, 3.63) is 148 Å². The molecule has 4 heteroatoms. The van der Waals surface area contributed by atoms with Gasteiger partial charge < -0.3 is 14.4 Å². The standard InChI is InChI=1S/C66H74BN3/c1-39-33-46-47(63(10,11)32-31-62(46,8)9)38-52(39)68-53-35-41(61(5,6)7)25-27-49(53)67-50-24-20-22-44-56-59(43-21-16-17-23-45(43)64(56,12)13)69(58(44)50)55-37-42(36-54(68)57(55)67)70-51-28-26-40(60(2,3)4)34-48(51)65(14)29-18-19-30-66(65,70)15/h16-17,20-28,33-38H,18-19,29-32H2,1-15H3. The Morgan fingerprint density at radius 2 is 1.19 bits per heavy atom. The van der Waals surface area contributed by atoms with Crippen molar-refractivity contribution in [1.82, 2.24) is 4.57 Å². The van der Waals surface area contributed by atoms with Crippen LogP contribution < -0.4 is 26.2 Å². The average molecular weight is 920 g/mol. The van der Waals surface area contributed by atoms with Gasteiger partial charge >= 0.3 is 0 Å². The van der Waals surface area contributed by atoms with Gasteiger partial charge in [-0.1, -0.05) is 176 Å². The molecule has 6 aliphatic rings. The Hall–Kier alpha value is -5.48. The second-order valence-corrected chi connectivity index (χ2v) is 27.2. The predicted octanol–water partition coefficient (Wildman–Crippen LogP) is 15.5. The van der Waals surface area contributed by atoms with Crippen molar-refractivity contribution >= 4 is 62.4 Å². The Balaban J connectivity index is 1.20. The molecule has 2 atom stereocenters. The molecule has 2 unspecified atom stereocenters. The summed E-state index contributed by atoms with van der Waals surface area (Å²) in [5.74, 6) is 0. The molecule has 0 N–H and O–H groups in total. The van der Waals surface area contributed by atoms with Crippen molar-refractivity contribution in [3.63, 3.8) is 0 Å². The Bertz CT molecular complexity index is 3450. The Morgan fingerprint density at radius 3 is 1.91 bits per heavy atom. The third-order valence-corrected chi connectivity index (χ3v) is 19.8. The molecule has 356 valence electrons. The Labute approximate surface area is 419 Å². The van der Waals surface area contributed by atoms with Gasteiger partial charge in [-0.3, -0.25) is 0 Å². The highest BCUT2D eigenvalue weighted by Gasteiger charge is 2.58. The van der Waals surface area contributed by atoms with E-state index in [-0.39, 0.29) is 44.7 Å². The first-order valence-corrected chi connectivity index (χ1v) is 26.9. The minimum atomic E-state index is -0.156. The van der Waals surface area contributed by atoms with Gasteiger partial charge in [-0.15, -0.1) is 0 Å². The van der Waals surface area contributed by atoms with Gasteiger partial charge in [-0.05, 0) is 152 Å².